The van der Waals surface area contributed by atoms with E-state index in [1.54, 1.807) is 11.0 Å². The van der Waals surface area contributed by atoms with Crippen LogP contribution in [-0.4, -0.2) is 26.7 Å². The summed E-state index contributed by atoms with van der Waals surface area (Å²) in [7, 11) is 3.98. The third-order valence-electron chi connectivity index (χ3n) is 2.93. The Balaban J connectivity index is 1.94. The lowest BCUT2D eigenvalue weighted by atomic mass is 10.1. The fourth-order valence-electron chi connectivity index (χ4n) is 1.85. The van der Waals surface area contributed by atoms with E-state index in [1.165, 1.54) is 5.56 Å². The number of aromatic nitrogens is 3. The van der Waals surface area contributed by atoms with Crippen molar-refractivity contribution in [1.29, 1.82) is 0 Å². The van der Waals surface area contributed by atoms with E-state index in [2.05, 4.69) is 46.3 Å². The highest BCUT2D eigenvalue weighted by atomic mass is 15.3. The van der Waals surface area contributed by atoms with Gasteiger partial charge in [-0.05, 0) is 18.2 Å². The van der Waals surface area contributed by atoms with Gasteiger partial charge in [0.15, 0.2) is 0 Å². The minimum atomic E-state index is 0.592. The molecule has 0 bridgehead atoms. The Labute approximate surface area is 107 Å². The van der Waals surface area contributed by atoms with Crippen LogP contribution in [0.3, 0.4) is 0 Å². The molecule has 1 aromatic heterocycles. The van der Waals surface area contributed by atoms with Crippen molar-refractivity contribution in [2.24, 2.45) is 12.8 Å². The molecule has 0 saturated carbocycles. The maximum absolute atomic E-state index is 5.58. The van der Waals surface area contributed by atoms with Gasteiger partial charge in [0.05, 0.1) is 6.54 Å². The quantitative estimate of drug-likeness (QED) is 0.850. The van der Waals surface area contributed by atoms with E-state index in [0.29, 0.717) is 6.54 Å². The predicted molar refractivity (Wildman–Crippen MR) is 70.5 cm³/mol. The average molecular weight is 245 g/mol. The highest BCUT2D eigenvalue weighted by Gasteiger charge is 2.06. The molecular formula is C13H19N5. The Hall–Kier alpha value is -1.72. The second-order valence-electron chi connectivity index (χ2n) is 4.49. The summed E-state index contributed by atoms with van der Waals surface area (Å²) in [6.45, 7) is 2.27. The van der Waals surface area contributed by atoms with Gasteiger partial charge in [-0.15, -0.1) is 0 Å². The zero-order chi connectivity index (χ0) is 13.0. The van der Waals surface area contributed by atoms with Crippen molar-refractivity contribution in [2.75, 3.05) is 7.05 Å². The Morgan fingerprint density at radius 1 is 1.17 bits per heavy atom. The third kappa shape index (κ3) is 3.15. The van der Waals surface area contributed by atoms with Crippen molar-refractivity contribution >= 4 is 0 Å². The standard InChI is InChI=1S/C13H19N5/c1-17(9-13-15-10-16-18(13)2)8-12-5-3-11(7-14)4-6-12/h3-6,10H,7-9,14H2,1-2H3. The molecule has 0 spiro atoms. The molecule has 0 aliphatic carbocycles. The van der Waals surface area contributed by atoms with Crippen LogP contribution in [0.4, 0.5) is 0 Å². The monoisotopic (exact) mass is 245 g/mol. The van der Waals surface area contributed by atoms with E-state index < -0.39 is 0 Å². The minimum absolute atomic E-state index is 0.592. The lowest BCUT2D eigenvalue weighted by molar-refractivity contribution is 0.305. The van der Waals surface area contributed by atoms with Crippen molar-refractivity contribution in [3.63, 3.8) is 0 Å². The zero-order valence-electron chi connectivity index (χ0n) is 10.9. The maximum Gasteiger partial charge on any atom is 0.140 e. The van der Waals surface area contributed by atoms with Crippen LogP contribution in [0.25, 0.3) is 0 Å². The topological polar surface area (TPSA) is 60.0 Å². The van der Waals surface area contributed by atoms with Gasteiger partial charge in [-0.3, -0.25) is 9.58 Å². The van der Waals surface area contributed by atoms with Crippen LogP contribution in [0.1, 0.15) is 17.0 Å². The van der Waals surface area contributed by atoms with Gasteiger partial charge in [0.2, 0.25) is 0 Å². The molecule has 2 rings (SSSR count). The van der Waals surface area contributed by atoms with Crippen molar-refractivity contribution < 1.29 is 0 Å². The molecule has 2 aromatic rings. The van der Waals surface area contributed by atoms with Gasteiger partial charge in [0.25, 0.3) is 0 Å². The van der Waals surface area contributed by atoms with Crippen LogP contribution in [0.15, 0.2) is 30.6 Å². The molecule has 0 saturated heterocycles. The molecule has 5 nitrogen and oxygen atoms in total. The number of rotatable bonds is 5. The number of benzene rings is 1. The molecule has 2 N–H and O–H groups in total. The number of nitrogens with two attached hydrogens (primary N) is 1. The van der Waals surface area contributed by atoms with Gasteiger partial charge in [-0.25, -0.2) is 4.98 Å². The fourth-order valence-corrected chi connectivity index (χ4v) is 1.85. The summed E-state index contributed by atoms with van der Waals surface area (Å²) < 4.78 is 1.80. The summed E-state index contributed by atoms with van der Waals surface area (Å²) in [4.78, 5) is 6.43. The molecule has 18 heavy (non-hydrogen) atoms. The lowest BCUT2D eigenvalue weighted by Gasteiger charge is -2.16. The van der Waals surface area contributed by atoms with E-state index in [-0.39, 0.29) is 0 Å². The number of hydrogen-bond donors (Lipinski definition) is 1. The molecule has 0 atom stereocenters. The maximum atomic E-state index is 5.58. The molecule has 0 fully saturated rings. The summed E-state index contributed by atoms with van der Waals surface area (Å²) in [5, 5.41) is 4.06. The SMILES string of the molecule is CN(Cc1ccc(CN)cc1)Cc1ncnn1C. The van der Waals surface area contributed by atoms with Crippen molar-refractivity contribution in [2.45, 2.75) is 19.6 Å². The molecular weight excluding hydrogens is 226 g/mol. The van der Waals surface area contributed by atoms with Crippen molar-refractivity contribution in [1.82, 2.24) is 19.7 Å². The lowest BCUT2D eigenvalue weighted by Crippen LogP contribution is -2.19. The van der Waals surface area contributed by atoms with Crippen LogP contribution in [-0.2, 0) is 26.7 Å². The summed E-state index contributed by atoms with van der Waals surface area (Å²) >= 11 is 0. The van der Waals surface area contributed by atoms with Crippen LogP contribution in [0.5, 0.6) is 0 Å². The van der Waals surface area contributed by atoms with Crippen LogP contribution < -0.4 is 5.73 Å². The minimum Gasteiger partial charge on any atom is -0.326 e. The Morgan fingerprint density at radius 2 is 1.83 bits per heavy atom. The van der Waals surface area contributed by atoms with Crippen molar-refractivity contribution in [3.8, 4) is 0 Å². The third-order valence-corrected chi connectivity index (χ3v) is 2.93. The van der Waals surface area contributed by atoms with E-state index in [9.17, 15) is 0 Å². The Kier molecular flexibility index (Phi) is 4.07. The summed E-state index contributed by atoms with van der Waals surface area (Å²) in [6.07, 6.45) is 1.58. The normalized spacial score (nSPS) is 11.1. The van der Waals surface area contributed by atoms with E-state index >= 15 is 0 Å². The smallest absolute Gasteiger partial charge is 0.140 e. The second-order valence-corrected chi connectivity index (χ2v) is 4.49. The molecule has 0 aliphatic rings. The Morgan fingerprint density at radius 3 is 2.39 bits per heavy atom. The summed E-state index contributed by atoms with van der Waals surface area (Å²) in [6, 6.07) is 8.39. The van der Waals surface area contributed by atoms with Crippen LogP contribution in [0, 0.1) is 0 Å². The van der Waals surface area contributed by atoms with Gasteiger partial charge < -0.3 is 5.73 Å². The molecule has 96 valence electrons. The van der Waals surface area contributed by atoms with Gasteiger partial charge in [0.1, 0.15) is 12.2 Å². The Bertz CT molecular complexity index is 488. The van der Waals surface area contributed by atoms with Crippen LogP contribution >= 0.6 is 0 Å². The molecule has 0 radical (unpaired) electrons. The number of aryl methyl sites for hydroxylation is 1. The first-order valence-electron chi connectivity index (χ1n) is 5.98. The van der Waals surface area contributed by atoms with Crippen molar-refractivity contribution in [3.05, 3.63) is 47.5 Å². The molecule has 5 heteroatoms. The summed E-state index contributed by atoms with van der Waals surface area (Å²) in [5.74, 6) is 0.969. The second kappa shape index (κ2) is 5.75. The predicted octanol–water partition coefficient (Wildman–Crippen LogP) is 0.906. The number of hydrogen-bond acceptors (Lipinski definition) is 4. The first-order chi connectivity index (χ1) is 8.69. The molecule has 0 aliphatic heterocycles. The highest BCUT2D eigenvalue weighted by Crippen LogP contribution is 2.08. The highest BCUT2D eigenvalue weighted by molar-refractivity contribution is 5.22. The molecule has 0 amide bonds. The van der Waals surface area contributed by atoms with E-state index in [4.69, 9.17) is 5.73 Å². The fraction of sp³-hybridized carbons (Fsp3) is 0.385. The van der Waals surface area contributed by atoms with E-state index in [1.807, 2.05) is 7.05 Å². The number of nitrogens with zero attached hydrogens (tertiary/aromatic N) is 4. The van der Waals surface area contributed by atoms with Gasteiger partial charge in [-0.1, -0.05) is 24.3 Å². The molecule has 1 heterocycles. The van der Waals surface area contributed by atoms with Gasteiger partial charge >= 0.3 is 0 Å². The zero-order valence-corrected chi connectivity index (χ0v) is 10.9. The molecule has 1 aromatic carbocycles. The van der Waals surface area contributed by atoms with Gasteiger partial charge in [0, 0.05) is 20.1 Å². The largest absolute Gasteiger partial charge is 0.326 e. The average Bonchev–Trinajstić information content (AvgIpc) is 2.76. The first-order valence-corrected chi connectivity index (χ1v) is 5.98. The summed E-state index contributed by atoms with van der Waals surface area (Å²) in [5.41, 5.74) is 8.02. The van der Waals surface area contributed by atoms with Gasteiger partial charge in [-0.2, -0.15) is 5.10 Å². The van der Waals surface area contributed by atoms with Crippen LogP contribution in [0.2, 0.25) is 0 Å². The van der Waals surface area contributed by atoms with E-state index in [0.717, 1.165) is 24.5 Å². The first kappa shape index (κ1) is 12.7. The molecule has 0 unspecified atom stereocenters.